The molecule has 0 amide bonds. The molecule has 0 aliphatic carbocycles. The second kappa shape index (κ2) is 16.8. The number of nitrogens with zero attached hydrogens (tertiary/aromatic N) is 2. The number of anilines is 3. The number of aromatic nitrogens is 1. The molecule has 1 heterocycles. The van der Waals surface area contributed by atoms with Gasteiger partial charge in [-0.2, -0.15) is 0 Å². The smallest absolute Gasteiger partial charge is 0.0547 e. The predicted molar refractivity (Wildman–Crippen MR) is 280 cm³/mol. The third-order valence-electron chi connectivity index (χ3n) is 13.0. The topological polar surface area (TPSA) is 8.17 Å². The molecule has 0 radical (unpaired) electrons. The second-order valence-corrected chi connectivity index (χ2v) is 16.9. The van der Waals surface area contributed by atoms with Crippen molar-refractivity contribution in [1.82, 2.24) is 4.57 Å². The molecule has 0 bridgehead atoms. The van der Waals surface area contributed by atoms with Crippen molar-refractivity contribution in [3.05, 3.63) is 267 Å². The van der Waals surface area contributed by atoms with Crippen LogP contribution < -0.4 is 4.90 Å². The lowest BCUT2D eigenvalue weighted by molar-refractivity contribution is 1.18. The molecule has 11 aromatic carbocycles. The average molecular weight is 841 g/mol. The van der Waals surface area contributed by atoms with Crippen molar-refractivity contribution in [3.8, 4) is 61.3 Å². The summed E-state index contributed by atoms with van der Waals surface area (Å²) in [5.41, 5.74) is 18.8. The first kappa shape index (κ1) is 38.9. The Labute approximate surface area is 385 Å². The van der Waals surface area contributed by atoms with Gasteiger partial charge in [0, 0.05) is 33.5 Å². The highest BCUT2D eigenvalue weighted by Gasteiger charge is 2.19. The van der Waals surface area contributed by atoms with E-state index in [0.29, 0.717) is 0 Å². The standard InChI is InChI=1S/C64H44N2/c1-3-15-45(16-4-1)51-19-11-20-52(43-51)48-37-41-56(42-38-48)65(55-39-35-47(36-40-55)46-31-33-50(34-32-46)59-27-13-18-49-17-7-8-25-58(49)59)57-24-12-21-53(44-57)60-28-14-30-63-64(60)61-26-9-10-29-62(61)66(63)54-22-5-2-6-23-54/h1-44H. The largest absolute Gasteiger partial charge is 0.310 e. The maximum absolute atomic E-state index is 2.39. The summed E-state index contributed by atoms with van der Waals surface area (Å²) in [7, 11) is 0. The van der Waals surface area contributed by atoms with Crippen LogP contribution in [0, 0.1) is 0 Å². The number of benzene rings is 11. The normalized spacial score (nSPS) is 11.3. The molecule has 0 saturated carbocycles. The maximum atomic E-state index is 2.39. The SMILES string of the molecule is c1ccc(-c2cccc(-c3ccc(N(c4ccc(-c5ccc(-c6cccc7ccccc67)cc5)cc4)c4cccc(-c5cccc6c5c5ccccc5n6-c5ccccc5)c4)cc3)c2)cc1. The summed E-state index contributed by atoms with van der Waals surface area (Å²) in [6.45, 7) is 0. The van der Waals surface area contributed by atoms with Crippen molar-refractivity contribution in [2.24, 2.45) is 0 Å². The van der Waals surface area contributed by atoms with E-state index in [1.54, 1.807) is 0 Å². The van der Waals surface area contributed by atoms with Crippen LogP contribution in [0.1, 0.15) is 0 Å². The summed E-state index contributed by atoms with van der Waals surface area (Å²) in [6, 6.07) is 96.8. The molecular weight excluding hydrogens is 797 g/mol. The molecule has 2 nitrogen and oxygen atoms in total. The van der Waals surface area contributed by atoms with Gasteiger partial charge in [-0.25, -0.2) is 0 Å². The van der Waals surface area contributed by atoms with Crippen LogP contribution in [-0.4, -0.2) is 4.57 Å². The van der Waals surface area contributed by atoms with Crippen LogP contribution in [0.3, 0.4) is 0 Å². The van der Waals surface area contributed by atoms with Gasteiger partial charge in [-0.15, -0.1) is 0 Å². The molecule has 12 aromatic rings. The lowest BCUT2D eigenvalue weighted by Gasteiger charge is -2.26. The Balaban J connectivity index is 0.943. The summed E-state index contributed by atoms with van der Waals surface area (Å²) in [5.74, 6) is 0. The minimum absolute atomic E-state index is 1.08. The van der Waals surface area contributed by atoms with Gasteiger partial charge in [0.1, 0.15) is 0 Å². The lowest BCUT2D eigenvalue weighted by atomic mass is 9.96. The van der Waals surface area contributed by atoms with E-state index >= 15 is 0 Å². The van der Waals surface area contributed by atoms with Gasteiger partial charge in [0.2, 0.25) is 0 Å². The quantitative estimate of drug-likeness (QED) is 0.141. The first-order valence-electron chi connectivity index (χ1n) is 22.7. The summed E-state index contributed by atoms with van der Waals surface area (Å²) in [6.07, 6.45) is 0. The van der Waals surface area contributed by atoms with Gasteiger partial charge in [0.05, 0.1) is 11.0 Å². The van der Waals surface area contributed by atoms with Crippen molar-refractivity contribution in [2.75, 3.05) is 4.90 Å². The van der Waals surface area contributed by atoms with Crippen molar-refractivity contribution < 1.29 is 0 Å². The fourth-order valence-electron chi connectivity index (χ4n) is 9.81. The highest BCUT2D eigenvalue weighted by molar-refractivity contribution is 6.16. The zero-order valence-corrected chi connectivity index (χ0v) is 36.3. The Morgan fingerprint density at radius 2 is 0.727 bits per heavy atom. The molecule has 0 aliphatic heterocycles. The van der Waals surface area contributed by atoms with E-state index in [4.69, 9.17) is 0 Å². The number of hydrogen-bond acceptors (Lipinski definition) is 1. The Morgan fingerprint density at radius 3 is 1.45 bits per heavy atom. The Kier molecular flexibility index (Phi) is 9.89. The average Bonchev–Trinajstić information content (AvgIpc) is 3.74. The number of hydrogen-bond donors (Lipinski definition) is 0. The summed E-state index contributed by atoms with van der Waals surface area (Å²) in [4.78, 5) is 2.38. The van der Waals surface area contributed by atoms with Crippen LogP contribution >= 0.6 is 0 Å². The summed E-state index contributed by atoms with van der Waals surface area (Å²) >= 11 is 0. The molecule has 0 fully saturated rings. The highest BCUT2D eigenvalue weighted by Crippen LogP contribution is 2.42. The third-order valence-corrected chi connectivity index (χ3v) is 13.0. The summed E-state index contributed by atoms with van der Waals surface area (Å²) < 4.78 is 2.39. The molecule has 310 valence electrons. The predicted octanol–water partition coefficient (Wildman–Crippen LogP) is 17.7. The molecule has 0 spiro atoms. The number of fused-ring (bicyclic) bond motifs is 4. The van der Waals surface area contributed by atoms with Gasteiger partial charge in [-0.3, -0.25) is 0 Å². The minimum atomic E-state index is 1.08. The highest BCUT2D eigenvalue weighted by atomic mass is 15.1. The number of para-hydroxylation sites is 2. The van der Waals surface area contributed by atoms with E-state index in [0.717, 1.165) is 28.3 Å². The Hall–Kier alpha value is -8.72. The van der Waals surface area contributed by atoms with Crippen LogP contribution in [-0.2, 0) is 0 Å². The molecule has 66 heavy (non-hydrogen) atoms. The van der Waals surface area contributed by atoms with E-state index in [-0.39, 0.29) is 0 Å². The van der Waals surface area contributed by atoms with E-state index in [1.165, 1.54) is 82.6 Å². The van der Waals surface area contributed by atoms with Crippen LogP contribution in [0.2, 0.25) is 0 Å². The van der Waals surface area contributed by atoms with Gasteiger partial charge < -0.3 is 9.47 Å². The molecule has 12 rings (SSSR count). The monoisotopic (exact) mass is 840 g/mol. The Bertz CT molecular complexity index is 3660. The second-order valence-electron chi connectivity index (χ2n) is 16.9. The zero-order chi connectivity index (χ0) is 43.8. The molecule has 0 unspecified atom stereocenters. The minimum Gasteiger partial charge on any atom is -0.310 e. The van der Waals surface area contributed by atoms with Crippen molar-refractivity contribution in [2.45, 2.75) is 0 Å². The molecule has 0 atom stereocenters. The molecule has 0 aliphatic rings. The maximum Gasteiger partial charge on any atom is 0.0547 e. The zero-order valence-electron chi connectivity index (χ0n) is 36.3. The molecule has 0 N–H and O–H groups in total. The van der Waals surface area contributed by atoms with Crippen LogP contribution in [0.15, 0.2) is 267 Å². The van der Waals surface area contributed by atoms with E-state index in [2.05, 4.69) is 276 Å². The fraction of sp³-hybridized carbons (Fsp3) is 0. The van der Waals surface area contributed by atoms with Crippen LogP contribution in [0.5, 0.6) is 0 Å². The molecule has 0 saturated heterocycles. The van der Waals surface area contributed by atoms with E-state index in [1.807, 2.05) is 0 Å². The van der Waals surface area contributed by atoms with Crippen molar-refractivity contribution in [1.29, 1.82) is 0 Å². The third kappa shape index (κ3) is 7.12. The van der Waals surface area contributed by atoms with E-state index in [9.17, 15) is 0 Å². The van der Waals surface area contributed by atoms with Gasteiger partial charge in [0.25, 0.3) is 0 Å². The molecule has 2 heteroatoms. The van der Waals surface area contributed by atoms with Gasteiger partial charge in [0.15, 0.2) is 0 Å². The fourth-order valence-corrected chi connectivity index (χ4v) is 9.81. The van der Waals surface area contributed by atoms with Gasteiger partial charge in [-0.1, -0.05) is 200 Å². The van der Waals surface area contributed by atoms with Crippen LogP contribution in [0.4, 0.5) is 17.1 Å². The summed E-state index contributed by atoms with van der Waals surface area (Å²) in [5, 5.41) is 5.01. The first-order chi connectivity index (χ1) is 32.7. The van der Waals surface area contributed by atoms with Gasteiger partial charge >= 0.3 is 0 Å². The van der Waals surface area contributed by atoms with Crippen molar-refractivity contribution >= 4 is 49.6 Å². The van der Waals surface area contributed by atoms with Crippen LogP contribution in [0.25, 0.3) is 93.9 Å². The molecule has 1 aromatic heterocycles. The van der Waals surface area contributed by atoms with E-state index < -0.39 is 0 Å². The molecular formula is C64H44N2. The lowest BCUT2D eigenvalue weighted by Crippen LogP contribution is -2.10. The number of rotatable bonds is 9. The van der Waals surface area contributed by atoms with Crippen molar-refractivity contribution in [3.63, 3.8) is 0 Å². The Morgan fingerprint density at radius 1 is 0.258 bits per heavy atom. The first-order valence-corrected chi connectivity index (χ1v) is 22.7. The van der Waals surface area contributed by atoms with Gasteiger partial charge in [-0.05, 0) is 133 Å².